The predicted octanol–water partition coefficient (Wildman–Crippen LogP) is 0.843. The Hall–Kier alpha value is -0.980. The maximum absolute atomic E-state index is 11.3. The van der Waals surface area contributed by atoms with Crippen LogP contribution in [0.3, 0.4) is 0 Å². The molecule has 0 unspecified atom stereocenters. The Balaban J connectivity index is 2.19. The molecule has 0 radical (unpaired) electrons. The van der Waals surface area contributed by atoms with Crippen molar-refractivity contribution >= 4 is 10.0 Å². The van der Waals surface area contributed by atoms with Gasteiger partial charge in [-0.25, -0.2) is 12.7 Å². The van der Waals surface area contributed by atoms with E-state index >= 15 is 0 Å². The summed E-state index contributed by atoms with van der Waals surface area (Å²) in [6.07, 6.45) is 3.81. The van der Waals surface area contributed by atoms with Crippen molar-refractivity contribution in [1.29, 1.82) is 0 Å². The summed E-state index contributed by atoms with van der Waals surface area (Å²) in [4.78, 5) is 4.20. The summed E-state index contributed by atoms with van der Waals surface area (Å²) in [6.45, 7) is 4.43. The first-order valence-electron chi connectivity index (χ1n) is 6.09. The molecule has 0 aliphatic rings. The smallest absolute Gasteiger partial charge is 0.211 e. The molecular formula is C12H21N3O2S. The van der Waals surface area contributed by atoms with Gasteiger partial charge in [-0.05, 0) is 25.1 Å². The first kappa shape index (κ1) is 15.1. The molecule has 1 rings (SSSR count). The van der Waals surface area contributed by atoms with Gasteiger partial charge in [0.2, 0.25) is 10.0 Å². The number of pyridine rings is 1. The van der Waals surface area contributed by atoms with Crippen LogP contribution in [0.5, 0.6) is 0 Å². The Bertz CT molecular complexity index is 434. The lowest BCUT2D eigenvalue weighted by atomic mass is 10.3. The molecule has 0 bridgehead atoms. The molecule has 0 spiro atoms. The third-order valence-electron chi connectivity index (χ3n) is 2.62. The highest BCUT2D eigenvalue weighted by atomic mass is 32.2. The third kappa shape index (κ3) is 5.57. The van der Waals surface area contributed by atoms with Crippen LogP contribution in [0.4, 0.5) is 0 Å². The molecule has 0 fully saturated rings. The fraction of sp³-hybridized carbons (Fsp3) is 0.583. The monoisotopic (exact) mass is 271 g/mol. The van der Waals surface area contributed by atoms with E-state index in [0.29, 0.717) is 19.6 Å². The van der Waals surface area contributed by atoms with E-state index in [9.17, 15) is 8.42 Å². The van der Waals surface area contributed by atoms with Gasteiger partial charge in [0.25, 0.3) is 0 Å². The van der Waals surface area contributed by atoms with Crippen LogP contribution < -0.4 is 5.32 Å². The summed E-state index contributed by atoms with van der Waals surface area (Å²) in [5.41, 5.74) is 0.993. The average Bonchev–Trinajstić information content (AvgIpc) is 2.33. The van der Waals surface area contributed by atoms with Gasteiger partial charge in [0.05, 0.1) is 11.9 Å². The molecule has 1 heterocycles. The van der Waals surface area contributed by atoms with E-state index in [1.807, 2.05) is 25.1 Å². The van der Waals surface area contributed by atoms with Crippen LogP contribution in [0.2, 0.25) is 0 Å². The van der Waals surface area contributed by atoms with Crippen molar-refractivity contribution in [3.05, 3.63) is 30.1 Å². The van der Waals surface area contributed by atoms with Gasteiger partial charge >= 0.3 is 0 Å². The van der Waals surface area contributed by atoms with Crippen molar-refractivity contribution in [3.8, 4) is 0 Å². The maximum atomic E-state index is 11.3. The van der Waals surface area contributed by atoms with E-state index in [1.165, 1.54) is 10.6 Å². The van der Waals surface area contributed by atoms with Gasteiger partial charge in [-0.15, -0.1) is 0 Å². The molecule has 0 aliphatic carbocycles. The number of nitrogens with one attached hydrogen (secondary N) is 1. The van der Waals surface area contributed by atoms with E-state index in [4.69, 9.17) is 0 Å². The summed E-state index contributed by atoms with van der Waals surface area (Å²) < 4.78 is 24.2. The van der Waals surface area contributed by atoms with Gasteiger partial charge in [-0.1, -0.05) is 13.0 Å². The lowest BCUT2D eigenvalue weighted by Gasteiger charge is -2.17. The van der Waals surface area contributed by atoms with Gasteiger partial charge in [0, 0.05) is 25.8 Å². The van der Waals surface area contributed by atoms with Crippen LogP contribution in [0.15, 0.2) is 24.4 Å². The number of aromatic nitrogens is 1. The third-order valence-corrected chi connectivity index (χ3v) is 3.99. The molecule has 5 nitrogen and oxygen atoms in total. The molecule has 18 heavy (non-hydrogen) atoms. The molecule has 102 valence electrons. The molecule has 1 aromatic heterocycles. The molecule has 0 aromatic carbocycles. The van der Waals surface area contributed by atoms with Crippen molar-refractivity contribution in [2.45, 2.75) is 19.9 Å². The van der Waals surface area contributed by atoms with Crippen LogP contribution in [-0.4, -0.2) is 43.6 Å². The van der Waals surface area contributed by atoms with Gasteiger partial charge in [-0.2, -0.15) is 0 Å². The minimum Gasteiger partial charge on any atom is -0.311 e. The summed E-state index contributed by atoms with van der Waals surface area (Å²) >= 11 is 0. The van der Waals surface area contributed by atoms with Crippen molar-refractivity contribution in [1.82, 2.24) is 14.6 Å². The lowest BCUT2D eigenvalue weighted by molar-refractivity contribution is 0.419. The van der Waals surface area contributed by atoms with E-state index in [2.05, 4.69) is 10.3 Å². The Kier molecular flexibility index (Phi) is 6.24. The second-order valence-electron chi connectivity index (χ2n) is 4.11. The van der Waals surface area contributed by atoms with Crippen LogP contribution in [0.1, 0.15) is 19.0 Å². The number of sulfonamides is 1. The van der Waals surface area contributed by atoms with Crippen molar-refractivity contribution in [3.63, 3.8) is 0 Å². The van der Waals surface area contributed by atoms with Crippen LogP contribution >= 0.6 is 0 Å². The Morgan fingerprint density at radius 3 is 2.72 bits per heavy atom. The number of hydrogen-bond acceptors (Lipinski definition) is 4. The minimum atomic E-state index is -3.06. The summed E-state index contributed by atoms with van der Waals surface area (Å²) in [6, 6.07) is 5.79. The summed E-state index contributed by atoms with van der Waals surface area (Å²) in [7, 11) is -3.06. The molecule has 0 atom stereocenters. The zero-order valence-corrected chi connectivity index (χ0v) is 11.8. The molecule has 0 aliphatic heterocycles. The lowest BCUT2D eigenvalue weighted by Crippen LogP contribution is -2.32. The van der Waals surface area contributed by atoms with Gasteiger partial charge in [0.1, 0.15) is 0 Å². The molecule has 0 saturated carbocycles. The quantitative estimate of drug-likeness (QED) is 0.712. The largest absolute Gasteiger partial charge is 0.311 e. The summed E-state index contributed by atoms with van der Waals surface area (Å²) in [5, 5.41) is 3.25. The number of rotatable bonds is 8. The Labute approximate surface area is 109 Å². The first-order valence-corrected chi connectivity index (χ1v) is 7.94. The molecule has 1 aromatic rings. The van der Waals surface area contributed by atoms with Crippen LogP contribution in [0.25, 0.3) is 0 Å². The topological polar surface area (TPSA) is 62.3 Å². The van der Waals surface area contributed by atoms with Crippen molar-refractivity contribution in [2.24, 2.45) is 0 Å². The Morgan fingerprint density at radius 1 is 1.39 bits per heavy atom. The van der Waals surface area contributed by atoms with E-state index < -0.39 is 10.0 Å². The molecule has 0 saturated heterocycles. The fourth-order valence-electron chi connectivity index (χ4n) is 1.66. The van der Waals surface area contributed by atoms with E-state index in [0.717, 1.165) is 18.7 Å². The second kappa shape index (κ2) is 7.45. The van der Waals surface area contributed by atoms with Gasteiger partial charge in [0.15, 0.2) is 0 Å². The average molecular weight is 271 g/mol. The summed E-state index contributed by atoms with van der Waals surface area (Å²) in [5.74, 6) is 0. The minimum absolute atomic E-state index is 0.527. The van der Waals surface area contributed by atoms with E-state index in [-0.39, 0.29) is 0 Å². The second-order valence-corrected chi connectivity index (χ2v) is 6.09. The van der Waals surface area contributed by atoms with Crippen LogP contribution in [-0.2, 0) is 16.6 Å². The van der Waals surface area contributed by atoms with Crippen molar-refractivity contribution < 1.29 is 8.42 Å². The fourth-order valence-corrected chi connectivity index (χ4v) is 2.59. The van der Waals surface area contributed by atoms with Gasteiger partial charge < -0.3 is 5.32 Å². The number of hydrogen-bond donors (Lipinski definition) is 1. The Morgan fingerprint density at radius 2 is 2.17 bits per heavy atom. The van der Waals surface area contributed by atoms with Gasteiger partial charge in [-0.3, -0.25) is 4.98 Å². The van der Waals surface area contributed by atoms with E-state index in [1.54, 1.807) is 6.20 Å². The molecular weight excluding hydrogens is 250 g/mol. The highest BCUT2D eigenvalue weighted by Crippen LogP contribution is 1.98. The van der Waals surface area contributed by atoms with Crippen LogP contribution in [0, 0.1) is 0 Å². The molecule has 6 heteroatoms. The first-order chi connectivity index (χ1) is 8.54. The molecule has 0 amide bonds. The SMILES string of the molecule is CCN(CCCNCc1ccccn1)S(C)(=O)=O. The number of nitrogens with zero attached hydrogens (tertiary/aromatic N) is 2. The molecule has 1 N–H and O–H groups in total. The van der Waals surface area contributed by atoms with Crippen molar-refractivity contribution in [2.75, 3.05) is 25.9 Å². The maximum Gasteiger partial charge on any atom is 0.211 e. The predicted molar refractivity (Wildman–Crippen MR) is 72.7 cm³/mol. The normalized spacial score (nSPS) is 11.9. The zero-order chi connectivity index (χ0) is 13.4. The highest BCUT2D eigenvalue weighted by Gasteiger charge is 2.12. The zero-order valence-electron chi connectivity index (χ0n) is 11.0. The highest BCUT2D eigenvalue weighted by molar-refractivity contribution is 7.88. The standard InChI is InChI=1S/C12H21N3O2S/c1-3-15(18(2,16)17)10-6-8-13-11-12-7-4-5-9-14-12/h4-5,7,9,13H,3,6,8,10-11H2,1-2H3.